The number of rotatable bonds is 31. The summed E-state index contributed by atoms with van der Waals surface area (Å²) in [6.07, 6.45) is 38.4. The van der Waals surface area contributed by atoms with Crippen LogP contribution in [0.2, 0.25) is 0 Å². The molecule has 0 aromatic carbocycles. The summed E-state index contributed by atoms with van der Waals surface area (Å²) in [7, 11) is 5.47. The molecule has 0 aliphatic heterocycles. The van der Waals surface area contributed by atoms with E-state index in [1.54, 1.807) is 6.08 Å². The predicted molar refractivity (Wildman–Crippen MR) is 201 cm³/mol. The number of carbonyl (C=O) groups is 3. The average Bonchev–Trinajstić information content (AvgIpc) is 3.05. The Hall–Kier alpha value is -3.23. The van der Waals surface area contributed by atoms with Gasteiger partial charge in [-0.2, -0.15) is 0 Å². The first-order valence-electron chi connectivity index (χ1n) is 18.5. The Morgan fingerprint density at radius 2 is 1.20 bits per heavy atom. The fraction of sp³-hybridized carbons (Fsp3) is 0.634. The van der Waals surface area contributed by atoms with Gasteiger partial charge < -0.3 is 23.8 Å². The van der Waals surface area contributed by atoms with Gasteiger partial charge in [0.15, 0.2) is 12.1 Å². The van der Waals surface area contributed by atoms with E-state index in [1.165, 1.54) is 12.8 Å². The number of likely N-dealkylation sites (N-methyl/N-ethyl adjacent to an activating group) is 1. The van der Waals surface area contributed by atoms with Gasteiger partial charge in [-0.25, -0.2) is 4.79 Å². The maximum Gasteiger partial charge on any atom is 0.362 e. The van der Waals surface area contributed by atoms with Crippen molar-refractivity contribution in [3.63, 3.8) is 0 Å². The summed E-state index contributed by atoms with van der Waals surface area (Å²) in [6.45, 7) is 4.40. The lowest BCUT2D eigenvalue weighted by Gasteiger charge is -2.31. The van der Waals surface area contributed by atoms with Crippen molar-refractivity contribution in [2.45, 2.75) is 129 Å². The van der Waals surface area contributed by atoms with Gasteiger partial charge in [-0.3, -0.25) is 9.59 Å². The van der Waals surface area contributed by atoms with Crippen LogP contribution in [0, 0.1) is 0 Å². The fourth-order valence-corrected chi connectivity index (χ4v) is 4.75. The number of esters is 2. The van der Waals surface area contributed by atoms with Crippen molar-refractivity contribution in [3.8, 4) is 0 Å². The van der Waals surface area contributed by atoms with Gasteiger partial charge in [-0.15, -0.1) is 0 Å². The predicted octanol–water partition coefficient (Wildman–Crippen LogP) is 9.24. The average molecular weight is 687 g/mol. The summed E-state index contributed by atoms with van der Waals surface area (Å²) in [5.41, 5.74) is 0. The molecule has 8 nitrogen and oxygen atoms in total. The van der Waals surface area contributed by atoms with Crippen LogP contribution in [0.5, 0.6) is 0 Å². The van der Waals surface area contributed by atoms with E-state index in [0.29, 0.717) is 19.3 Å². The molecule has 0 saturated carbocycles. The maximum atomic E-state index is 12.6. The highest BCUT2D eigenvalue weighted by Gasteiger charge is 2.31. The Balaban J connectivity index is 4.63. The zero-order valence-electron chi connectivity index (χ0n) is 31.4. The Bertz CT molecular complexity index is 1030. The molecule has 278 valence electrons. The Kier molecular flexibility index (Phi) is 29.9. The van der Waals surface area contributed by atoms with Crippen molar-refractivity contribution >= 4 is 17.9 Å². The number of aliphatic carboxylic acids is 1. The van der Waals surface area contributed by atoms with E-state index in [9.17, 15) is 19.5 Å². The van der Waals surface area contributed by atoms with E-state index in [4.69, 9.17) is 14.2 Å². The van der Waals surface area contributed by atoms with E-state index in [0.717, 1.165) is 64.2 Å². The summed E-state index contributed by atoms with van der Waals surface area (Å²) in [5.74, 6) is -1.66. The maximum absolute atomic E-state index is 12.6. The van der Waals surface area contributed by atoms with E-state index in [2.05, 4.69) is 74.6 Å². The third-order valence-electron chi connectivity index (χ3n) is 7.60. The molecule has 0 spiro atoms. The van der Waals surface area contributed by atoms with Crippen molar-refractivity contribution in [3.05, 3.63) is 72.9 Å². The van der Waals surface area contributed by atoms with Crippen molar-refractivity contribution in [2.24, 2.45) is 0 Å². The van der Waals surface area contributed by atoms with Crippen LogP contribution in [-0.4, -0.2) is 80.6 Å². The molecule has 0 aliphatic carbocycles. The highest BCUT2D eigenvalue weighted by molar-refractivity contribution is 5.72. The van der Waals surface area contributed by atoms with Crippen molar-refractivity contribution < 1.29 is 38.2 Å². The molecule has 0 amide bonds. The molecule has 0 aliphatic rings. The number of carboxylic acids is 1. The molecule has 0 bridgehead atoms. The van der Waals surface area contributed by atoms with Crippen LogP contribution in [0.25, 0.3) is 0 Å². The summed E-state index contributed by atoms with van der Waals surface area (Å²) in [4.78, 5) is 36.6. The number of hydrogen-bond acceptors (Lipinski definition) is 6. The second-order valence-electron chi connectivity index (χ2n) is 13.1. The highest BCUT2D eigenvalue weighted by Crippen LogP contribution is 2.11. The van der Waals surface area contributed by atoms with Gasteiger partial charge in [0.05, 0.1) is 40.8 Å². The molecule has 0 saturated heterocycles. The summed E-state index contributed by atoms with van der Waals surface area (Å²) >= 11 is 0. The number of carbonyl (C=O) groups excluding carboxylic acids is 2. The van der Waals surface area contributed by atoms with Gasteiger partial charge in [0.1, 0.15) is 6.61 Å². The molecule has 0 rings (SSSR count). The highest BCUT2D eigenvalue weighted by atomic mass is 16.6. The molecule has 2 atom stereocenters. The molecule has 1 N–H and O–H groups in total. The van der Waals surface area contributed by atoms with Crippen molar-refractivity contribution in [1.82, 2.24) is 0 Å². The van der Waals surface area contributed by atoms with Gasteiger partial charge in [0.25, 0.3) is 0 Å². The Morgan fingerprint density at radius 1 is 0.653 bits per heavy atom. The number of unbranched alkanes of at least 4 members (excludes halogenated alkanes) is 6. The molecular formula is C41H68NO7+. The van der Waals surface area contributed by atoms with Crippen LogP contribution in [0.3, 0.4) is 0 Å². The third-order valence-corrected chi connectivity index (χ3v) is 7.60. The topological polar surface area (TPSA) is 99.1 Å². The first kappa shape index (κ1) is 45.8. The number of quaternary nitrogens is 1. The fourth-order valence-electron chi connectivity index (χ4n) is 4.75. The van der Waals surface area contributed by atoms with Gasteiger partial charge in [0, 0.05) is 12.8 Å². The third kappa shape index (κ3) is 30.6. The smallest absolute Gasteiger partial charge is 0.362 e. The summed E-state index contributed by atoms with van der Waals surface area (Å²) < 4.78 is 17.0. The molecule has 8 heteroatoms. The lowest BCUT2D eigenvalue weighted by molar-refractivity contribution is -0.887. The number of carboxylic acid groups (broad SMARTS) is 1. The minimum absolute atomic E-state index is 0.0148. The number of allylic oxidation sites excluding steroid dienone is 11. The number of ether oxygens (including phenoxy) is 3. The second-order valence-corrected chi connectivity index (χ2v) is 13.1. The van der Waals surface area contributed by atoms with Gasteiger partial charge in [0.2, 0.25) is 0 Å². The minimum atomic E-state index is -0.895. The van der Waals surface area contributed by atoms with E-state index in [-0.39, 0.29) is 36.7 Å². The lowest BCUT2D eigenvalue weighted by atomic mass is 10.1. The molecule has 0 heterocycles. The summed E-state index contributed by atoms with van der Waals surface area (Å²) in [6, 6.07) is -0.633. The first-order chi connectivity index (χ1) is 23.6. The van der Waals surface area contributed by atoms with Crippen LogP contribution in [-0.2, 0) is 28.6 Å². The monoisotopic (exact) mass is 686 g/mol. The molecule has 2 unspecified atom stereocenters. The van der Waals surface area contributed by atoms with Crippen LogP contribution in [0.4, 0.5) is 0 Å². The number of nitrogens with zero attached hydrogens (tertiary/aromatic N) is 1. The first-order valence-corrected chi connectivity index (χ1v) is 18.5. The normalized spacial score (nSPS) is 13.9. The van der Waals surface area contributed by atoms with Gasteiger partial charge >= 0.3 is 17.9 Å². The van der Waals surface area contributed by atoms with Crippen molar-refractivity contribution in [1.29, 1.82) is 0 Å². The SMILES string of the molecule is CC/C=C\C/C=C\C/C=C\C/C=C\C/C=C\CC(=O)OC(COCCC(C(=O)O)[N+](C)(C)C)COC(=O)CCCCCCC/C=C\CCC. The van der Waals surface area contributed by atoms with E-state index >= 15 is 0 Å². The zero-order valence-corrected chi connectivity index (χ0v) is 31.4. The minimum Gasteiger partial charge on any atom is -0.477 e. The zero-order chi connectivity index (χ0) is 36.4. The molecule has 0 radical (unpaired) electrons. The quantitative estimate of drug-likeness (QED) is 0.0336. The molecule has 0 fully saturated rings. The van der Waals surface area contributed by atoms with Crippen LogP contribution >= 0.6 is 0 Å². The molecule has 0 aromatic heterocycles. The van der Waals surface area contributed by atoms with E-state index in [1.807, 2.05) is 27.2 Å². The van der Waals surface area contributed by atoms with Crippen LogP contribution in [0.15, 0.2) is 72.9 Å². The number of hydrogen-bond donors (Lipinski definition) is 1. The largest absolute Gasteiger partial charge is 0.477 e. The Labute approximate surface area is 298 Å². The van der Waals surface area contributed by atoms with Gasteiger partial charge in [-0.1, -0.05) is 112 Å². The Morgan fingerprint density at radius 3 is 1.78 bits per heavy atom. The lowest BCUT2D eigenvalue weighted by Crippen LogP contribution is -2.50. The van der Waals surface area contributed by atoms with Gasteiger partial charge in [-0.05, 0) is 57.8 Å². The van der Waals surface area contributed by atoms with Crippen LogP contribution in [0.1, 0.15) is 117 Å². The molecule has 49 heavy (non-hydrogen) atoms. The molecular weight excluding hydrogens is 618 g/mol. The van der Waals surface area contributed by atoms with E-state index < -0.39 is 24.1 Å². The van der Waals surface area contributed by atoms with Crippen molar-refractivity contribution in [2.75, 3.05) is 41.0 Å². The standard InChI is InChI=1S/C41H67NO7/c1-6-8-10-12-14-16-18-19-20-21-22-24-26-28-30-32-40(44)49-37(35-47-34-33-38(41(45)46)42(3,4)5)36-48-39(43)31-29-27-25-23-17-15-13-11-9-7-2/h8,10-11,13-14,16,19-20,22,24,28,30,37-38H,6-7,9,12,15,17-18,21,23,25-27,29,31-36H2,1-5H3/p+1/b10-8-,13-11-,16-14-,20-19-,24-22-,30-28-. The van der Waals surface area contributed by atoms with Crippen LogP contribution < -0.4 is 0 Å². The second kappa shape index (κ2) is 32.0. The summed E-state index contributed by atoms with van der Waals surface area (Å²) in [5, 5.41) is 9.57. The molecule has 0 aromatic rings.